The smallest absolute Gasteiger partial charge is 0.137 e. The van der Waals surface area contributed by atoms with E-state index in [-0.39, 0.29) is 0 Å². The first kappa shape index (κ1) is 30.5. The minimum Gasteiger partial charge on any atom is -0.456 e. The number of para-hydroxylation sites is 2. The number of rotatable bonds is 5. The van der Waals surface area contributed by atoms with Crippen LogP contribution in [0.5, 0.6) is 0 Å². The van der Waals surface area contributed by atoms with Gasteiger partial charge >= 0.3 is 0 Å². The zero-order valence-electron chi connectivity index (χ0n) is 29.4. The van der Waals surface area contributed by atoms with E-state index in [1.54, 1.807) is 0 Å². The topological polar surface area (TPSA) is 16.4 Å². The molecule has 0 atom stereocenters. The lowest BCUT2D eigenvalue weighted by Crippen LogP contribution is -2.11. The van der Waals surface area contributed by atoms with Gasteiger partial charge in [-0.1, -0.05) is 152 Å². The quantitative estimate of drug-likeness (QED) is 0.168. The van der Waals surface area contributed by atoms with E-state index in [0.717, 1.165) is 44.6 Å². The van der Waals surface area contributed by atoms with Crippen molar-refractivity contribution in [3.63, 3.8) is 0 Å². The highest BCUT2D eigenvalue weighted by atomic mass is 16.3. The number of fused-ring (bicyclic) bond motifs is 10. The molecule has 252 valence electrons. The van der Waals surface area contributed by atoms with Crippen molar-refractivity contribution in [1.29, 1.82) is 0 Å². The van der Waals surface area contributed by atoms with Crippen molar-refractivity contribution in [2.24, 2.45) is 0 Å². The van der Waals surface area contributed by atoms with E-state index >= 15 is 0 Å². The molecule has 0 aliphatic carbocycles. The maximum absolute atomic E-state index is 6.46. The second-order valence-corrected chi connectivity index (χ2v) is 14.1. The Morgan fingerprint density at radius 1 is 0.315 bits per heavy atom. The largest absolute Gasteiger partial charge is 0.456 e. The molecule has 11 rings (SSSR count). The van der Waals surface area contributed by atoms with Crippen molar-refractivity contribution in [2.45, 2.75) is 0 Å². The first-order valence-corrected chi connectivity index (χ1v) is 18.5. The Bertz CT molecular complexity index is 3210. The SMILES string of the molecule is c1ccc(-c2ccc(N(c3ccc4c(c3)oc3ccccc34)c3ccccc3-c3cc4ccc5ccccc5c4c4c3ccc3ccccc34)cc2)cc1. The summed E-state index contributed by atoms with van der Waals surface area (Å²) in [5.74, 6) is 0. The van der Waals surface area contributed by atoms with Gasteiger partial charge in [-0.15, -0.1) is 0 Å². The summed E-state index contributed by atoms with van der Waals surface area (Å²) in [6.45, 7) is 0. The molecule has 1 heterocycles. The minimum absolute atomic E-state index is 0.867. The third kappa shape index (κ3) is 4.81. The van der Waals surface area contributed by atoms with Gasteiger partial charge in [-0.05, 0) is 102 Å². The molecule has 0 unspecified atom stereocenters. The molecule has 1 aromatic heterocycles. The normalized spacial score (nSPS) is 11.7. The molecule has 2 heteroatoms. The van der Waals surface area contributed by atoms with Crippen LogP contribution in [0.1, 0.15) is 0 Å². The molecule has 0 saturated heterocycles. The van der Waals surface area contributed by atoms with E-state index in [0.29, 0.717) is 0 Å². The van der Waals surface area contributed by atoms with Gasteiger partial charge in [0.25, 0.3) is 0 Å². The molecule has 2 nitrogen and oxygen atoms in total. The number of hydrogen-bond donors (Lipinski definition) is 0. The van der Waals surface area contributed by atoms with Gasteiger partial charge in [-0.25, -0.2) is 0 Å². The molecule has 0 saturated carbocycles. The molecule has 0 aliphatic rings. The van der Waals surface area contributed by atoms with E-state index in [1.165, 1.54) is 59.8 Å². The lowest BCUT2D eigenvalue weighted by atomic mass is 9.87. The van der Waals surface area contributed by atoms with Crippen molar-refractivity contribution in [3.8, 4) is 22.3 Å². The molecular formula is C52H33NO. The highest BCUT2D eigenvalue weighted by Crippen LogP contribution is 2.47. The summed E-state index contributed by atoms with van der Waals surface area (Å²) in [7, 11) is 0. The summed E-state index contributed by atoms with van der Waals surface area (Å²) in [6.07, 6.45) is 0. The Kier molecular flexibility index (Phi) is 6.90. The van der Waals surface area contributed by atoms with Crippen LogP contribution in [0.25, 0.3) is 87.3 Å². The van der Waals surface area contributed by atoms with Crippen LogP contribution in [0.4, 0.5) is 17.1 Å². The molecule has 0 aliphatic heterocycles. The molecule has 11 aromatic rings. The lowest BCUT2D eigenvalue weighted by molar-refractivity contribution is 0.669. The van der Waals surface area contributed by atoms with Crippen LogP contribution >= 0.6 is 0 Å². The Balaban J connectivity index is 1.19. The molecular weight excluding hydrogens is 655 g/mol. The third-order valence-corrected chi connectivity index (χ3v) is 11.0. The average Bonchev–Trinajstić information content (AvgIpc) is 3.62. The number of furan rings is 1. The molecule has 10 aromatic carbocycles. The van der Waals surface area contributed by atoms with E-state index in [1.807, 2.05) is 12.1 Å². The van der Waals surface area contributed by atoms with E-state index in [2.05, 4.69) is 193 Å². The maximum atomic E-state index is 6.46. The molecule has 0 N–H and O–H groups in total. The number of benzene rings is 10. The molecule has 0 fully saturated rings. The van der Waals surface area contributed by atoms with Crippen LogP contribution < -0.4 is 4.90 Å². The summed E-state index contributed by atoms with van der Waals surface area (Å²) in [5.41, 5.74) is 9.69. The highest BCUT2D eigenvalue weighted by molar-refractivity contribution is 6.30. The van der Waals surface area contributed by atoms with Crippen molar-refractivity contribution in [3.05, 3.63) is 200 Å². The van der Waals surface area contributed by atoms with E-state index < -0.39 is 0 Å². The zero-order chi connectivity index (χ0) is 35.6. The Morgan fingerprint density at radius 3 is 1.70 bits per heavy atom. The second kappa shape index (κ2) is 12.2. The fourth-order valence-corrected chi connectivity index (χ4v) is 8.52. The van der Waals surface area contributed by atoms with Crippen LogP contribution in [0.15, 0.2) is 205 Å². The molecule has 0 bridgehead atoms. The van der Waals surface area contributed by atoms with Gasteiger partial charge in [0.2, 0.25) is 0 Å². The Hall–Kier alpha value is -7.16. The van der Waals surface area contributed by atoms with Gasteiger partial charge in [-0.3, -0.25) is 0 Å². The van der Waals surface area contributed by atoms with Crippen molar-refractivity contribution in [2.75, 3.05) is 4.90 Å². The summed E-state index contributed by atoms with van der Waals surface area (Å²) in [6, 6.07) is 72.3. The molecule has 0 amide bonds. The first-order chi connectivity index (χ1) is 26.8. The highest BCUT2D eigenvalue weighted by Gasteiger charge is 2.21. The van der Waals surface area contributed by atoms with Gasteiger partial charge in [-0.2, -0.15) is 0 Å². The monoisotopic (exact) mass is 687 g/mol. The third-order valence-electron chi connectivity index (χ3n) is 11.0. The van der Waals surface area contributed by atoms with Gasteiger partial charge < -0.3 is 9.32 Å². The number of hydrogen-bond acceptors (Lipinski definition) is 2. The van der Waals surface area contributed by atoms with Gasteiger partial charge in [0.1, 0.15) is 11.2 Å². The van der Waals surface area contributed by atoms with Crippen molar-refractivity contribution >= 4 is 82.1 Å². The van der Waals surface area contributed by atoms with Crippen molar-refractivity contribution < 1.29 is 4.42 Å². The van der Waals surface area contributed by atoms with Crippen molar-refractivity contribution in [1.82, 2.24) is 0 Å². The molecule has 0 spiro atoms. The van der Waals surface area contributed by atoms with E-state index in [4.69, 9.17) is 4.42 Å². The minimum atomic E-state index is 0.867. The fraction of sp³-hybridized carbons (Fsp3) is 0. The Labute approximate surface area is 312 Å². The predicted molar refractivity (Wildman–Crippen MR) is 229 cm³/mol. The average molecular weight is 688 g/mol. The van der Waals surface area contributed by atoms with Crippen LogP contribution in [0, 0.1) is 0 Å². The Morgan fingerprint density at radius 2 is 0.889 bits per heavy atom. The second-order valence-electron chi connectivity index (χ2n) is 14.1. The van der Waals surface area contributed by atoms with E-state index in [9.17, 15) is 0 Å². The van der Waals surface area contributed by atoms with Crippen LogP contribution in [0.3, 0.4) is 0 Å². The molecule has 54 heavy (non-hydrogen) atoms. The summed E-state index contributed by atoms with van der Waals surface area (Å²) >= 11 is 0. The van der Waals surface area contributed by atoms with Gasteiger partial charge in [0, 0.05) is 33.8 Å². The zero-order valence-corrected chi connectivity index (χ0v) is 29.4. The summed E-state index contributed by atoms with van der Waals surface area (Å²) in [4.78, 5) is 2.38. The fourth-order valence-electron chi connectivity index (χ4n) is 8.52. The maximum Gasteiger partial charge on any atom is 0.137 e. The van der Waals surface area contributed by atoms with Crippen LogP contribution in [-0.4, -0.2) is 0 Å². The number of nitrogens with zero attached hydrogens (tertiary/aromatic N) is 1. The standard InChI is InChI=1S/C52H33NO/c1-2-12-34(13-3-1)35-24-27-39(28-25-35)53(40-29-31-45-44-19-9-11-21-49(44)54-50(45)33-40)48-20-10-8-18-43(48)47-32-38-23-22-36-14-4-6-16-41(36)51(38)52-42-17-7-5-15-37(42)26-30-46(47)52/h1-33H. The lowest BCUT2D eigenvalue weighted by Gasteiger charge is -2.28. The first-order valence-electron chi connectivity index (χ1n) is 18.5. The van der Waals surface area contributed by atoms with Gasteiger partial charge in [0.15, 0.2) is 0 Å². The van der Waals surface area contributed by atoms with Crippen LogP contribution in [-0.2, 0) is 0 Å². The summed E-state index contributed by atoms with van der Waals surface area (Å²) < 4.78 is 6.46. The van der Waals surface area contributed by atoms with Gasteiger partial charge in [0.05, 0.1) is 5.69 Å². The predicted octanol–water partition coefficient (Wildman–Crippen LogP) is 15.0. The summed E-state index contributed by atoms with van der Waals surface area (Å²) in [5, 5.41) is 12.3. The number of anilines is 3. The molecule has 0 radical (unpaired) electrons. The van der Waals surface area contributed by atoms with Crippen LogP contribution in [0.2, 0.25) is 0 Å².